The molecule has 0 unspecified atom stereocenters. The van der Waals surface area contributed by atoms with Crippen LogP contribution >= 0.6 is 0 Å². The third-order valence-electron chi connectivity index (χ3n) is 3.92. The SMILES string of the molecule is CC[C@H](C)/C(C)=N\NC(=O)c1ccc(N(CC)CC)cc1. The second-order valence-electron chi connectivity index (χ2n) is 5.22. The van der Waals surface area contributed by atoms with Gasteiger partial charge in [-0.15, -0.1) is 0 Å². The lowest BCUT2D eigenvalue weighted by molar-refractivity contribution is 0.0954. The number of hydrogen-bond acceptors (Lipinski definition) is 3. The topological polar surface area (TPSA) is 44.7 Å². The molecule has 1 rings (SSSR count). The van der Waals surface area contributed by atoms with Gasteiger partial charge in [-0.2, -0.15) is 5.10 Å². The predicted octanol–water partition coefficient (Wildman–Crippen LogP) is 3.68. The fourth-order valence-electron chi connectivity index (χ4n) is 2.02. The quantitative estimate of drug-likeness (QED) is 0.614. The lowest BCUT2D eigenvalue weighted by atomic mass is 10.1. The van der Waals surface area contributed by atoms with E-state index < -0.39 is 0 Å². The van der Waals surface area contributed by atoms with Gasteiger partial charge in [-0.1, -0.05) is 13.8 Å². The molecule has 21 heavy (non-hydrogen) atoms. The zero-order valence-corrected chi connectivity index (χ0v) is 13.8. The molecule has 0 aliphatic carbocycles. The van der Waals surface area contributed by atoms with Crippen molar-refractivity contribution in [3.05, 3.63) is 29.8 Å². The molecule has 1 atom stereocenters. The normalized spacial score (nSPS) is 12.9. The van der Waals surface area contributed by atoms with Crippen molar-refractivity contribution in [1.29, 1.82) is 0 Å². The Bertz CT molecular complexity index is 475. The van der Waals surface area contributed by atoms with Crippen LogP contribution in [0.4, 0.5) is 5.69 Å². The molecule has 1 aromatic rings. The Morgan fingerprint density at radius 2 is 1.76 bits per heavy atom. The summed E-state index contributed by atoms with van der Waals surface area (Å²) in [6, 6.07) is 7.65. The van der Waals surface area contributed by atoms with Gasteiger partial charge in [0.05, 0.1) is 0 Å². The Labute approximate surface area is 128 Å². The average Bonchev–Trinajstić information content (AvgIpc) is 2.53. The van der Waals surface area contributed by atoms with E-state index in [0.717, 1.165) is 30.9 Å². The second-order valence-corrected chi connectivity index (χ2v) is 5.22. The van der Waals surface area contributed by atoms with E-state index in [-0.39, 0.29) is 5.91 Å². The first-order chi connectivity index (χ1) is 10.0. The van der Waals surface area contributed by atoms with Crippen molar-refractivity contribution in [3.63, 3.8) is 0 Å². The third kappa shape index (κ3) is 4.88. The number of rotatable bonds is 7. The first kappa shape index (κ1) is 17.2. The molecular formula is C17H27N3O. The van der Waals surface area contributed by atoms with Gasteiger partial charge < -0.3 is 4.90 Å². The van der Waals surface area contributed by atoms with Gasteiger partial charge in [0.2, 0.25) is 0 Å². The van der Waals surface area contributed by atoms with E-state index in [9.17, 15) is 4.79 Å². The number of amides is 1. The molecule has 0 aliphatic rings. The van der Waals surface area contributed by atoms with Crippen LogP contribution in [0.5, 0.6) is 0 Å². The molecular weight excluding hydrogens is 262 g/mol. The van der Waals surface area contributed by atoms with Crippen LogP contribution in [-0.4, -0.2) is 24.7 Å². The minimum atomic E-state index is -0.163. The Morgan fingerprint density at radius 1 is 1.19 bits per heavy atom. The van der Waals surface area contributed by atoms with Gasteiger partial charge in [0.15, 0.2) is 0 Å². The zero-order valence-electron chi connectivity index (χ0n) is 13.8. The second kappa shape index (κ2) is 8.45. The summed E-state index contributed by atoms with van der Waals surface area (Å²) in [5.74, 6) is 0.221. The molecule has 1 amide bonds. The highest BCUT2D eigenvalue weighted by Gasteiger charge is 2.08. The number of carbonyl (C=O) groups excluding carboxylic acids is 1. The van der Waals surface area contributed by atoms with Crippen LogP contribution in [0.25, 0.3) is 0 Å². The number of nitrogens with zero attached hydrogens (tertiary/aromatic N) is 2. The lowest BCUT2D eigenvalue weighted by Crippen LogP contribution is -2.23. The molecule has 0 aliphatic heterocycles. The third-order valence-corrected chi connectivity index (χ3v) is 3.92. The molecule has 0 aromatic heterocycles. The first-order valence-electron chi connectivity index (χ1n) is 7.72. The van der Waals surface area contributed by atoms with E-state index in [4.69, 9.17) is 0 Å². The van der Waals surface area contributed by atoms with Crippen LogP contribution in [0.1, 0.15) is 51.4 Å². The van der Waals surface area contributed by atoms with E-state index in [1.807, 2.05) is 31.2 Å². The highest BCUT2D eigenvalue weighted by atomic mass is 16.2. The van der Waals surface area contributed by atoms with Crippen molar-refractivity contribution in [3.8, 4) is 0 Å². The van der Waals surface area contributed by atoms with E-state index in [1.165, 1.54) is 0 Å². The minimum Gasteiger partial charge on any atom is -0.372 e. The van der Waals surface area contributed by atoms with Crippen molar-refractivity contribution in [2.24, 2.45) is 11.0 Å². The maximum absolute atomic E-state index is 12.0. The molecule has 0 spiro atoms. The Hall–Kier alpha value is -1.84. The summed E-state index contributed by atoms with van der Waals surface area (Å²) in [4.78, 5) is 14.3. The summed E-state index contributed by atoms with van der Waals surface area (Å²) in [5, 5.41) is 4.17. The van der Waals surface area contributed by atoms with Gasteiger partial charge >= 0.3 is 0 Å². The van der Waals surface area contributed by atoms with Crippen molar-refractivity contribution in [1.82, 2.24) is 5.43 Å². The maximum atomic E-state index is 12.0. The molecule has 0 radical (unpaired) electrons. The highest BCUT2D eigenvalue weighted by molar-refractivity contribution is 5.95. The maximum Gasteiger partial charge on any atom is 0.271 e. The van der Waals surface area contributed by atoms with Crippen LogP contribution < -0.4 is 10.3 Å². The minimum absolute atomic E-state index is 0.163. The zero-order chi connectivity index (χ0) is 15.8. The monoisotopic (exact) mass is 289 g/mol. The van der Waals surface area contributed by atoms with Crippen molar-refractivity contribution >= 4 is 17.3 Å². The van der Waals surface area contributed by atoms with Crippen LogP contribution in [0, 0.1) is 5.92 Å². The average molecular weight is 289 g/mol. The summed E-state index contributed by atoms with van der Waals surface area (Å²) in [7, 11) is 0. The van der Waals surface area contributed by atoms with Gasteiger partial charge in [0.1, 0.15) is 0 Å². The van der Waals surface area contributed by atoms with E-state index in [1.54, 1.807) is 0 Å². The fraction of sp³-hybridized carbons (Fsp3) is 0.529. The van der Waals surface area contributed by atoms with Gasteiger partial charge in [-0.05, 0) is 57.4 Å². The first-order valence-corrected chi connectivity index (χ1v) is 7.72. The molecule has 0 fully saturated rings. The summed E-state index contributed by atoms with van der Waals surface area (Å²) in [5.41, 5.74) is 5.34. The molecule has 0 saturated carbocycles. The van der Waals surface area contributed by atoms with Crippen molar-refractivity contribution < 1.29 is 4.79 Å². The molecule has 116 valence electrons. The van der Waals surface area contributed by atoms with Gasteiger partial charge in [0, 0.05) is 30.1 Å². The van der Waals surface area contributed by atoms with Crippen molar-refractivity contribution in [2.45, 2.75) is 41.0 Å². The molecule has 0 saturated heterocycles. The number of nitrogens with one attached hydrogen (secondary N) is 1. The Balaban J connectivity index is 2.72. The summed E-state index contributed by atoms with van der Waals surface area (Å²) < 4.78 is 0. The lowest BCUT2D eigenvalue weighted by Gasteiger charge is -2.20. The molecule has 1 N–H and O–H groups in total. The molecule has 4 nitrogen and oxygen atoms in total. The van der Waals surface area contributed by atoms with E-state index in [2.05, 4.69) is 43.1 Å². The largest absolute Gasteiger partial charge is 0.372 e. The smallest absolute Gasteiger partial charge is 0.271 e. The number of carbonyl (C=O) groups is 1. The molecule has 4 heteroatoms. The van der Waals surface area contributed by atoms with Crippen LogP contribution in [0.3, 0.4) is 0 Å². The van der Waals surface area contributed by atoms with Crippen LogP contribution in [-0.2, 0) is 0 Å². The number of hydrazone groups is 1. The standard InChI is InChI=1S/C17H27N3O/c1-6-13(4)14(5)18-19-17(21)15-9-11-16(12-10-15)20(7-2)8-3/h9-13H,6-8H2,1-5H3,(H,19,21)/b18-14-/t13-/m0/s1. The summed E-state index contributed by atoms with van der Waals surface area (Å²) in [6.45, 7) is 12.3. The number of benzene rings is 1. The van der Waals surface area contributed by atoms with Gasteiger partial charge in [0.25, 0.3) is 5.91 Å². The fourth-order valence-corrected chi connectivity index (χ4v) is 2.02. The summed E-state index contributed by atoms with van der Waals surface area (Å²) >= 11 is 0. The van der Waals surface area contributed by atoms with Gasteiger partial charge in [-0.25, -0.2) is 5.43 Å². The van der Waals surface area contributed by atoms with Crippen molar-refractivity contribution in [2.75, 3.05) is 18.0 Å². The molecule has 1 aromatic carbocycles. The van der Waals surface area contributed by atoms with E-state index >= 15 is 0 Å². The number of anilines is 1. The van der Waals surface area contributed by atoms with Crippen LogP contribution in [0.15, 0.2) is 29.4 Å². The Morgan fingerprint density at radius 3 is 2.24 bits per heavy atom. The van der Waals surface area contributed by atoms with Crippen LogP contribution in [0.2, 0.25) is 0 Å². The predicted molar refractivity (Wildman–Crippen MR) is 90.0 cm³/mol. The Kier molecular flexibility index (Phi) is 6.92. The highest BCUT2D eigenvalue weighted by Crippen LogP contribution is 2.14. The molecule has 0 heterocycles. The van der Waals surface area contributed by atoms with Gasteiger partial charge in [-0.3, -0.25) is 4.79 Å². The summed E-state index contributed by atoms with van der Waals surface area (Å²) in [6.07, 6.45) is 1.02. The van der Waals surface area contributed by atoms with E-state index in [0.29, 0.717) is 11.5 Å². The number of hydrogen-bond donors (Lipinski definition) is 1. The molecule has 0 bridgehead atoms.